The number of furan rings is 1. The molecule has 0 amide bonds. The van der Waals surface area contributed by atoms with E-state index in [1.807, 2.05) is 6.07 Å². The molecule has 0 fully saturated rings. The standard InChI is InChI=1S/C12H20BrNO/c1-3-5-6-7-11(14-4-2)10-8-9-15-12(10)13/h8-9,11,14H,3-7H2,1-2H3. The number of halogens is 1. The first kappa shape index (κ1) is 12.8. The van der Waals surface area contributed by atoms with Gasteiger partial charge in [-0.1, -0.05) is 33.1 Å². The summed E-state index contributed by atoms with van der Waals surface area (Å²) in [5, 5.41) is 3.49. The molecule has 1 rings (SSSR count). The van der Waals surface area contributed by atoms with Crippen molar-refractivity contribution in [1.82, 2.24) is 5.32 Å². The molecule has 0 saturated carbocycles. The molecule has 0 saturated heterocycles. The Kier molecular flexibility index (Phi) is 6.03. The number of unbranched alkanes of at least 4 members (excludes halogenated alkanes) is 2. The lowest BCUT2D eigenvalue weighted by Gasteiger charge is -2.16. The van der Waals surface area contributed by atoms with E-state index in [4.69, 9.17) is 4.42 Å². The van der Waals surface area contributed by atoms with Crippen molar-refractivity contribution in [2.75, 3.05) is 6.54 Å². The Morgan fingerprint density at radius 3 is 2.73 bits per heavy atom. The van der Waals surface area contributed by atoms with Gasteiger partial charge in [-0.3, -0.25) is 0 Å². The first-order chi connectivity index (χ1) is 7.29. The van der Waals surface area contributed by atoms with E-state index in [0.717, 1.165) is 11.2 Å². The molecule has 1 atom stereocenters. The van der Waals surface area contributed by atoms with Gasteiger partial charge in [0, 0.05) is 11.6 Å². The molecule has 1 aromatic rings. The summed E-state index contributed by atoms with van der Waals surface area (Å²) in [5.74, 6) is 0. The van der Waals surface area contributed by atoms with Crippen LogP contribution in [-0.2, 0) is 0 Å². The van der Waals surface area contributed by atoms with Crippen LogP contribution in [-0.4, -0.2) is 6.54 Å². The van der Waals surface area contributed by atoms with E-state index in [1.165, 1.54) is 31.2 Å². The molecule has 3 heteroatoms. The van der Waals surface area contributed by atoms with Crippen LogP contribution in [0.1, 0.15) is 51.1 Å². The molecule has 1 aromatic heterocycles. The molecule has 2 nitrogen and oxygen atoms in total. The normalized spacial score (nSPS) is 13.0. The third-order valence-electron chi connectivity index (χ3n) is 2.57. The first-order valence-electron chi connectivity index (χ1n) is 5.75. The van der Waals surface area contributed by atoms with Gasteiger partial charge in [-0.25, -0.2) is 0 Å². The zero-order valence-electron chi connectivity index (χ0n) is 9.55. The Balaban J connectivity index is 2.53. The Bertz CT molecular complexity index is 272. The van der Waals surface area contributed by atoms with Crippen LogP contribution in [0.2, 0.25) is 0 Å². The highest BCUT2D eigenvalue weighted by Gasteiger charge is 2.14. The highest BCUT2D eigenvalue weighted by Crippen LogP contribution is 2.28. The Morgan fingerprint density at radius 2 is 2.20 bits per heavy atom. The zero-order valence-corrected chi connectivity index (χ0v) is 11.1. The number of hydrogen-bond acceptors (Lipinski definition) is 2. The van der Waals surface area contributed by atoms with Crippen LogP contribution in [0.4, 0.5) is 0 Å². The van der Waals surface area contributed by atoms with Crippen LogP contribution < -0.4 is 5.32 Å². The Labute approximate surface area is 101 Å². The van der Waals surface area contributed by atoms with Crippen molar-refractivity contribution in [2.45, 2.75) is 45.6 Å². The number of rotatable bonds is 7. The van der Waals surface area contributed by atoms with Crippen LogP contribution in [0.25, 0.3) is 0 Å². The molecule has 0 bridgehead atoms. The minimum absolute atomic E-state index is 0.426. The fourth-order valence-electron chi connectivity index (χ4n) is 1.77. The van der Waals surface area contributed by atoms with Crippen LogP contribution in [0.5, 0.6) is 0 Å². The summed E-state index contributed by atoms with van der Waals surface area (Å²) in [6, 6.07) is 2.47. The third-order valence-corrected chi connectivity index (χ3v) is 3.21. The van der Waals surface area contributed by atoms with Gasteiger partial charge in [-0.15, -0.1) is 0 Å². The predicted molar refractivity (Wildman–Crippen MR) is 67.0 cm³/mol. The van der Waals surface area contributed by atoms with Gasteiger partial charge in [-0.2, -0.15) is 0 Å². The first-order valence-corrected chi connectivity index (χ1v) is 6.55. The van der Waals surface area contributed by atoms with Crippen molar-refractivity contribution in [3.05, 3.63) is 22.6 Å². The van der Waals surface area contributed by atoms with Crippen molar-refractivity contribution < 1.29 is 4.42 Å². The maximum atomic E-state index is 5.27. The van der Waals surface area contributed by atoms with E-state index >= 15 is 0 Å². The lowest BCUT2D eigenvalue weighted by atomic mass is 10.0. The largest absolute Gasteiger partial charge is 0.457 e. The van der Waals surface area contributed by atoms with Crippen molar-refractivity contribution in [3.63, 3.8) is 0 Å². The fraction of sp³-hybridized carbons (Fsp3) is 0.667. The van der Waals surface area contributed by atoms with Crippen molar-refractivity contribution in [3.8, 4) is 0 Å². The second kappa shape index (κ2) is 7.07. The lowest BCUT2D eigenvalue weighted by molar-refractivity contribution is 0.470. The maximum Gasteiger partial charge on any atom is 0.173 e. The molecule has 0 aromatic carbocycles. The summed E-state index contributed by atoms with van der Waals surface area (Å²) in [4.78, 5) is 0. The highest BCUT2D eigenvalue weighted by molar-refractivity contribution is 9.10. The molecule has 1 unspecified atom stereocenters. The average molecular weight is 274 g/mol. The van der Waals surface area contributed by atoms with Gasteiger partial charge < -0.3 is 9.73 Å². The van der Waals surface area contributed by atoms with Gasteiger partial charge in [0.1, 0.15) is 0 Å². The van der Waals surface area contributed by atoms with Crippen molar-refractivity contribution in [1.29, 1.82) is 0 Å². The third kappa shape index (κ3) is 3.99. The average Bonchev–Trinajstić information content (AvgIpc) is 2.64. The molecule has 0 spiro atoms. The van der Waals surface area contributed by atoms with Gasteiger partial charge >= 0.3 is 0 Å². The molecule has 0 aliphatic heterocycles. The summed E-state index contributed by atoms with van der Waals surface area (Å²) >= 11 is 3.44. The molecule has 86 valence electrons. The molecule has 0 aliphatic rings. The predicted octanol–water partition coefficient (Wildman–Crippen LogP) is 4.27. The molecular formula is C12H20BrNO. The SMILES string of the molecule is CCCCCC(NCC)c1ccoc1Br. The fourth-order valence-corrected chi connectivity index (χ4v) is 2.28. The quantitative estimate of drug-likeness (QED) is 0.751. The summed E-state index contributed by atoms with van der Waals surface area (Å²) in [6.45, 7) is 5.37. The molecule has 1 heterocycles. The van der Waals surface area contributed by atoms with Gasteiger partial charge in [0.05, 0.1) is 6.26 Å². The molecule has 1 N–H and O–H groups in total. The topological polar surface area (TPSA) is 25.2 Å². The van der Waals surface area contributed by atoms with Gasteiger partial charge in [-0.05, 0) is 35.0 Å². The molecule has 0 radical (unpaired) electrons. The van der Waals surface area contributed by atoms with E-state index < -0.39 is 0 Å². The van der Waals surface area contributed by atoms with Crippen LogP contribution in [0.15, 0.2) is 21.4 Å². The summed E-state index contributed by atoms with van der Waals surface area (Å²) in [5.41, 5.74) is 1.24. The summed E-state index contributed by atoms with van der Waals surface area (Å²) in [6.07, 6.45) is 6.76. The molecule has 15 heavy (non-hydrogen) atoms. The van der Waals surface area contributed by atoms with Gasteiger partial charge in [0.25, 0.3) is 0 Å². The van der Waals surface area contributed by atoms with E-state index in [0.29, 0.717) is 6.04 Å². The maximum absolute atomic E-state index is 5.27. The lowest BCUT2D eigenvalue weighted by Crippen LogP contribution is -2.20. The number of nitrogens with one attached hydrogen (secondary N) is 1. The van der Waals surface area contributed by atoms with E-state index in [-0.39, 0.29) is 0 Å². The molecular weight excluding hydrogens is 254 g/mol. The smallest absolute Gasteiger partial charge is 0.173 e. The minimum Gasteiger partial charge on any atom is -0.457 e. The minimum atomic E-state index is 0.426. The molecule has 0 aliphatic carbocycles. The number of hydrogen-bond donors (Lipinski definition) is 1. The van der Waals surface area contributed by atoms with Crippen LogP contribution in [0, 0.1) is 0 Å². The van der Waals surface area contributed by atoms with E-state index in [1.54, 1.807) is 6.26 Å². The Hall–Kier alpha value is -0.280. The summed E-state index contributed by atoms with van der Waals surface area (Å²) < 4.78 is 6.14. The van der Waals surface area contributed by atoms with Crippen LogP contribution >= 0.6 is 15.9 Å². The van der Waals surface area contributed by atoms with E-state index in [2.05, 4.69) is 35.1 Å². The van der Waals surface area contributed by atoms with Gasteiger partial charge in [0.2, 0.25) is 0 Å². The van der Waals surface area contributed by atoms with Crippen molar-refractivity contribution >= 4 is 15.9 Å². The Morgan fingerprint density at radius 1 is 1.40 bits per heavy atom. The van der Waals surface area contributed by atoms with Crippen LogP contribution in [0.3, 0.4) is 0 Å². The second-order valence-corrected chi connectivity index (χ2v) is 4.48. The van der Waals surface area contributed by atoms with Gasteiger partial charge in [0.15, 0.2) is 4.67 Å². The van der Waals surface area contributed by atoms with Crippen molar-refractivity contribution in [2.24, 2.45) is 0 Å². The van der Waals surface area contributed by atoms with E-state index in [9.17, 15) is 0 Å². The summed E-state index contributed by atoms with van der Waals surface area (Å²) in [7, 11) is 0. The second-order valence-electron chi connectivity index (χ2n) is 3.76. The zero-order chi connectivity index (χ0) is 11.1. The monoisotopic (exact) mass is 273 g/mol. The highest BCUT2D eigenvalue weighted by atomic mass is 79.9.